The largest absolute Gasteiger partial charge is 0.396 e. The molecule has 0 bridgehead atoms. The summed E-state index contributed by atoms with van der Waals surface area (Å²) >= 11 is 0. The number of hydrogen-bond acceptors (Lipinski definition) is 3. The molecule has 0 aromatic heterocycles. The number of unbranched alkanes of at least 4 members (excludes halogenated alkanes) is 1. The third-order valence-corrected chi connectivity index (χ3v) is 1.93. The van der Waals surface area contributed by atoms with Crippen LogP contribution in [-0.2, 0) is 0 Å². The molecule has 76 valence electrons. The van der Waals surface area contributed by atoms with Gasteiger partial charge in [0.2, 0.25) is 0 Å². The summed E-state index contributed by atoms with van der Waals surface area (Å²) in [5.74, 6) is 0. The van der Waals surface area contributed by atoms with Gasteiger partial charge in [0.05, 0.1) is 11.0 Å². The van der Waals surface area contributed by atoms with E-state index in [0.29, 0.717) is 13.0 Å². The van der Waals surface area contributed by atoms with Gasteiger partial charge in [-0.05, 0) is 25.0 Å². The van der Waals surface area contributed by atoms with Crippen molar-refractivity contribution in [2.24, 2.45) is 5.29 Å². The molecule has 0 aliphatic carbocycles. The topological polar surface area (TPSA) is 52.9 Å². The molecule has 0 saturated heterocycles. The zero-order valence-corrected chi connectivity index (χ0v) is 7.97. The average molecular weight is 194 g/mol. The van der Waals surface area contributed by atoms with Crippen LogP contribution < -0.4 is 5.01 Å². The van der Waals surface area contributed by atoms with Crippen LogP contribution in [0.1, 0.15) is 12.8 Å². The molecule has 4 nitrogen and oxygen atoms in total. The van der Waals surface area contributed by atoms with Gasteiger partial charge < -0.3 is 5.11 Å². The van der Waals surface area contributed by atoms with Crippen molar-refractivity contribution in [3.63, 3.8) is 0 Å². The van der Waals surface area contributed by atoms with E-state index < -0.39 is 0 Å². The summed E-state index contributed by atoms with van der Waals surface area (Å²) in [6.45, 7) is 0.704. The number of aliphatic hydroxyl groups excluding tert-OH is 1. The second-order valence-electron chi connectivity index (χ2n) is 2.97. The third kappa shape index (κ3) is 3.14. The first kappa shape index (κ1) is 10.7. The summed E-state index contributed by atoms with van der Waals surface area (Å²) in [7, 11) is 0. The van der Waals surface area contributed by atoms with Crippen LogP contribution >= 0.6 is 0 Å². The zero-order chi connectivity index (χ0) is 10.2. The average Bonchev–Trinajstić information content (AvgIpc) is 2.26. The maximum absolute atomic E-state index is 10.5. The van der Waals surface area contributed by atoms with Gasteiger partial charge in [0.1, 0.15) is 0 Å². The quantitative estimate of drug-likeness (QED) is 0.428. The molecule has 0 aliphatic heterocycles. The van der Waals surface area contributed by atoms with Crippen LogP contribution in [0.3, 0.4) is 0 Å². The van der Waals surface area contributed by atoms with E-state index in [1.807, 2.05) is 30.3 Å². The van der Waals surface area contributed by atoms with Crippen molar-refractivity contribution < 1.29 is 5.11 Å². The highest BCUT2D eigenvalue weighted by molar-refractivity contribution is 5.44. The predicted octanol–water partition coefficient (Wildman–Crippen LogP) is 1.95. The van der Waals surface area contributed by atoms with Crippen LogP contribution in [0.5, 0.6) is 0 Å². The summed E-state index contributed by atoms with van der Waals surface area (Å²) in [6, 6.07) is 9.28. The molecule has 14 heavy (non-hydrogen) atoms. The molecule has 0 fully saturated rings. The summed E-state index contributed by atoms with van der Waals surface area (Å²) in [5.41, 5.74) is 0.792. The number of para-hydroxylation sites is 1. The van der Waals surface area contributed by atoms with Gasteiger partial charge in [-0.25, -0.2) is 5.01 Å². The first-order valence-corrected chi connectivity index (χ1v) is 4.65. The van der Waals surface area contributed by atoms with Crippen molar-refractivity contribution in [1.29, 1.82) is 0 Å². The first-order valence-electron chi connectivity index (χ1n) is 4.65. The number of nitroso groups, excluding NO2 is 1. The third-order valence-electron chi connectivity index (χ3n) is 1.93. The smallest absolute Gasteiger partial charge is 0.0626 e. The molecule has 1 N–H and O–H groups in total. The Morgan fingerprint density at radius 1 is 1.21 bits per heavy atom. The van der Waals surface area contributed by atoms with Gasteiger partial charge in [-0.15, -0.1) is 4.91 Å². The minimum absolute atomic E-state index is 0.154. The summed E-state index contributed by atoms with van der Waals surface area (Å²) < 4.78 is 0. The van der Waals surface area contributed by atoms with Gasteiger partial charge in [0.15, 0.2) is 0 Å². The second-order valence-corrected chi connectivity index (χ2v) is 2.97. The predicted molar refractivity (Wildman–Crippen MR) is 55.9 cm³/mol. The molecule has 0 unspecified atom stereocenters. The first-order chi connectivity index (χ1) is 6.88. The molecule has 4 heteroatoms. The van der Waals surface area contributed by atoms with E-state index in [0.717, 1.165) is 12.1 Å². The van der Waals surface area contributed by atoms with Crippen molar-refractivity contribution in [3.05, 3.63) is 35.2 Å². The lowest BCUT2D eigenvalue weighted by Crippen LogP contribution is -2.16. The highest BCUT2D eigenvalue weighted by atomic mass is 16.3. The fourth-order valence-corrected chi connectivity index (χ4v) is 1.19. The van der Waals surface area contributed by atoms with E-state index in [1.54, 1.807) is 0 Å². The highest BCUT2D eigenvalue weighted by Crippen LogP contribution is 2.13. The Morgan fingerprint density at radius 3 is 2.50 bits per heavy atom. The Bertz CT molecular complexity index is 264. The standard InChI is InChI=1S/C10H14N2O2/c13-9-5-4-8-12(11-14)10-6-2-1-3-7-10/h1-3,6-7,13H,4-5,8-9H2. The van der Waals surface area contributed by atoms with E-state index in [1.165, 1.54) is 5.01 Å². The van der Waals surface area contributed by atoms with Gasteiger partial charge in [-0.1, -0.05) is 18.2 Å². The molecule has 1 aromatic rings. The number of anilines is 1. The van der Waals surface area contributed by atoms with Gasteiger partial charge in [0.25, 0.3) is 0 Å². The lowest BCUT2D eigenvalue weighted by molar-refractivity contribution is 0.285. The van der Waals surface area contributed by atoms with Crippen molar-refractivity contribution in [2.75, 3.05) is 18.2 Å². The lowest BCUT2D eigenvalue weighted by Gasteiger charge is -2.14. The normalized spacial score (nSPS) is 9.79. The van der Waals surface area contributed by atoms with Gasteiger partial charge in [0, 0.05) is 13.2 Å². The van der Waals surface area contributed by atoms with Gasteiger partial charge in [-0.2, -0.15) is 0 Å². The number of rotatable bonds is 6. The number of hydrogen-bond donors (Lipinski definition) is 1. The van der Waals surface area contributed by atoms with Gasteiger partial charge >= 0.3 is 0 Å². The fraction of sp³-hybridized carbons (Fsp3) is 0.400. The Balaban J connectivity index is 2.50. The maximum Gasteiger partial charge on any atom is 0.0626 e. The molecule has 1 aromatic carbocycles. The molecule has 0 spiro atoms. The molecular formula is C10H14N2O2. The van der Waals surface area contributed by atoms with E-state index in [4.69, 9.17) is 5.11 Å². The molecular weight excluding hydrogens is 180 g/mol. The monoisotopic (exact) mass is 194 g/mol. The maximum atomic E-state index is 10.5. The minimum atomic E-state index is 0.154. The molecule has 0 radical (unpaired) electrons. The van der Waals surface area contributed by atoms with Gasteiger partial charge in [-0.3, -0.25) is 0 Å². The van der Waals surface area contributed by atoms with Crippen LogP contribution in [0.25, 0.3) is 0 Å². The Labute approximate surface area is 83.1 Å². The molecule has 0 atom stereocenters. The van der Waals surface area contributed by atoms with Crippen LogP contribution in [0.4, 0.5) is 5.69 Å². The fourth-order valence-electron chi connectivity index (χ4n) is 1.19. The summed E-state index contributed by atoms with van der Waals surface area (Å²) in [6.07, 6.45) is 1.45. The molecule has 0 saturated carbocycles. The van der Waals surface area contributed by atoms with Crippen molar-refractivity contribution >= 4 is 5.69 Å². The van der Waals surface area contributed by atoms with Crippen LogP contribution in [-0.4, -0.2) is 18.3 Å². The number of benzene rings is 1. The number of nitrogens with zero attached hydrogens (tertiary/aromatic N) is 2. The van der Waals surface area contributed by atoms with E-state index in [-0.39, 0.29) is 6.61 Å². The highest BCUT2D eigenvalue weighted by Gasteiger charge is 2.04. The second kappa shape index (κ2) is 6.10. The minimum Gasteiger partial charge on any atom is -0.396 e. The Morgan fingerprint density at radius 2 is 1.93 bits per heavy atom. The molecule has 1 rings (SSSR count). The van der Waals surface area contributed by atoms with Crippen molar-refractivity contribution in [1.82, 2.24) is 0 Å². The zero-order valence-electron chi connectivity index (χ0n) is 7.97. The van der Waals surface area contributed by atoms with Crippen LogP contribution in [0, 0.1) is 4.91 Å². The van der Waals surface area contributed by atoms with E-state index >= 15 is 0 Å². The van der Waals surface area contributed by atoms with E-state index in [9.17, 15) is 4.91 Å². The Kier molecular flexibility index (Phi) is 4.64. The van der Waals surface area contributed by atoms with Crippen molar-refractivity contribution in [2.45, 2.75) is 12.8 Å². The molecule has 0 amide bonds. The van der Waals surface area contributed by atoms with Crippen LogP contribution in [0.2, 0.25) is 0 Å². The molecule has 0 aliphatic rings. The Hall–Kier alpha value is -1.42. The SMILES string of the molecule is O=NN(CCCCO)c1ccccc1. The van der Waals surface area contributed by atoms with Crippen molar-refractivity contribution in [3.8, 4) is 0 Å². The summed E-state index contributed by atoms with van der Waals surface area (Å²) in [5, 5.41) is 12.9. The summed E-state index contributed by atoms with van der Waals surface area (Å²) in [4.78, 5) is 10.5. The molecule has 0 heterocycles. The lowest BCUT2D eigenvalue weighted by atomic mass is 10.3. The van der Waals surface area contributed by atoms with E-state index in [2.05, 4.69) is 5.29 Å². The van der Waals surface area contributed by atoms with Crippen LogP contribution in [0.15, 0.2) is 35.6 Å². The number of aliphatic hydroxyl groups is 1.